The van der Waals surface area contributed by atoms with E-state index < -0.39 is 39.4 Å². The van der Waals surface area contributed by atoms with Gasteiger partial charge in [0.1, 0.15) is 16.5 Å². The Kier molecular flexibility index (Phi) is 5.80. The van der Waals surface area contributed by atoms with Crippen molar-refractivity contribution in [3.63, 3.8) is 0 Å². The highest BCUT2D eigenvalue weighted by Crippen LogP contribution is 2.33. The quantitative estimate of drug-likeness (QED) is 0.574. The molecule has 1 aliphatic rings. The molecule has 0 amide bonds. The molecule has 28 heavy (non-hydrogen) atoms. The predicted molar refractivity (Wildman–Crippen MR) is 97.4 cm³/mol. The smallest absolute Gasteiger partial charge is 0.310 e. The zero-order chi connectivity index (χ0) is 20.5. The van der Waals surface area contributed by atoms with Gasteiger partial charge >= 0.3 is 5.97 Å². The Morgan fingerprint density at radius 1 is 1.29 bits per heavy atom. The molecule has 0 radical (unpaired) electrons. The molecule has 150 valence electrons. The number of nitrogens with zero attached hydrogens (tertiary/aromatic N) is 2. The molecule has 1 aromatic heterocycles. The number of esters is 1. The number of carbonyl (C=O) groups is 1. The summed E-state index contributed by atoms with van der Waals surface area (Å²) in [5.41, 5.74) is -0.270. The number of aryl methyl sites for hydroxylation is 1. The first-order valence-corrected chi connectivity index (χ1v) is 10.4. The molecule has 2 aromatic rings. The summed E-state index contributed by atoms with van der Waals surface area (Å²) < 4.78 is 58.1. The standard InChI is InChI=1S/C17H16ClF2N3O4S/c1-2-27-14(24)8-10-11(19)6-9(7-12(10)20)21-16-15-13(22-17(18)23-16)4-3-5-28(15,25)26/h6-7H,2-5,8H2,1H3,(H,21,22,23). The van der Waals surface area contributed by atoms with Gasteiger partial charge in [0.25, 0.3) is 0 Å². The fourth-order valence-electron chi connectivity index (χ4n) is 2.92. The van der Waals surface area contributed by atoms with Crippen molar-refractivity contribution in [1.82, 2.24) is 9.97 Å². The molecular formula is C17H16ClF2N3O4S. The molecule has 0 fully saturated rings. The lowest BCUT2D eigenvalue weighted by Gasteiger charge is -2.19. The van der Waals surface area contributed by atoms with Crippen molar-refractivity contribution in [3.8, 4) is 0 Å². The monoisotopic (exact) mass is 431 g/mol. The lowest BCUT2D eigenvalue weighted by atomic mass is 10.1. The highest BCUT2D eigenvalue weighted by atomic mass is 35.5. The number of rotatable bonds is 5. The molecule has 0 bridgehead atoms. The average molecular weight is 432 g/mol. The molecule has 3 rings (SSSR count). The summed E-state index contributed by atoms with van der Waals surface area (Å²) in [6.45, 7) is 1.68. The molecule has 2 heterocycles. The van der Waals surface area contributed by atoms with Gasteiger partial charge in [0.2, 0.25) is 5.28 Å². The molecule has 0 aliphatic carbocycles. The van der Waals surface area contributed by atoms with E-state index in [-0.39, 0.29) is 39.7 Å². The van der Waals surface area contributed by atoms with Gasteiger partial charge in [-0.3, -0.25) is 4.79 Å². The van der Waals surface area contributed by atoms with Crippen LogP contribution in [-0.2, 0) is 32.2 Å². The second-order valence-electron chi connectivity index (χ2n) is 6.06. The number of nitrogens with one attached hydrogen (secondary N) is 1. The van der Waals surface area contributed by atoms with Gasteiger partial charge in [-0.2, -0.15) is 4.98 Å². The number of carbonyl (C=O) groups excluding carboxylic acids is 1. The van der Waals surface area contributed by atoms with Crippen LogP contribution in [0.15, 0.2) is 17.0 Å². The molecule has 11 heteroatoms. The van der Waals surface area contributed by atoms with Crippen LogP contribution in [0.3, 0.4) is 0 Å². The molecule has 0 atom stereocenters. The highest BCUT2D eigenvalue weighted by molar-refractivity contribution is 7.91. The number of sulfone groups is 1. The van der Waals surface area contributed by atoms with Gasteiger partial charge in [0.15, 0.2) is 15.7 Å². The normalized spacial score (nSPS) is 15.0. The fraction of sp³-hybridized carbons (Fsp3) is 0.353. The first-order valence-electron chi connectivity index (χ1n) is 8.41. The number of hydrogen-bond donors (Lipinski definition) is 1. The zero-order valence-corrected chi connectivity index (χ0v) is 16.3. The molecule has 0 spiro atoms. The van der Waals surface area contributed by atoms with E-state index in [4.69, 9.17) is 16.3 Å². The molecule has 0 unspecified atom stereocenters. The van der Waals surface area contributed by atoms with Crippen molar-refractivity contribution in [2.45, 2.75) is 31.1 Å². The van der Waals surface area contributed by atoms with Crippen molar-refractivity contribution in [3.05, 3.63) is 40.3 Å². The molecule has 0 saturated carbocycles. The van der Waals surface area contributed by atoms with Gasteiger partial charge in [-0.1, -0.05) is 0 Å². The predicted octanol–water partition coefficient (Wildman–Crippen LogP) is 2.98. The third kappa shape index (κ3) is 4.22. The minimum atomic E-state index is -3.66. The van der Waals surface area contributed by atoms with E-state index in [2.05, 4.69) is 15.3 Å². The molecule has 1 aromatic carbocycles. The Balaban J connectivity index is 1.97. The van der Waals surface area contributed by atoms with Crippen LogP contribution >= 0.6 is 11.6 Å². The van der Waals surface area contributed by atoms with Gasteiger partial charge in [-0.25, -0.2) is 22.2 Å². The van der Waals surface area contributed by atoms with Crippen molar-refractivity contribution in [2.75, 3.05) is 17.7 Å². The lowest BCUT2D eigenvalue weighted by molar-refractivity contribution is -0.142. The topological polar surface area (TPSA) is 98.2 Å². The summed E-state index contributed by atoms with van der Waals surface area (Å²) in [6, 6.07) is 1.88. The van der Waals surface area contributed by atoms with Crippen LogP contribution in [0, 0.1) is 11.6 Å². The summed E-state index contributed by atoms with van der Waals surface area (Å²) in [6.07, 6.45) is 0.232. The minimum absolute atomic E-state index is 0.0825. The third-order valence-electron chi connectivity index (χ3n) is 4.08. The van der Waals surface area contributed by atoms with E-state index in [1.54, 1.807) is 6.92 Å². The Morgan fingerprint density at radius 3 is 2.61 bits per heavy atom. The number of halogens is 3. The summed E-state index contributed by atoms with van der Waals surface area (Å²) in [5, 5.41) is 2.42. The third-order valence-corrected chi connectivity index (χ3v) is 6.12. The molecule has 7 nitrogen and oxygen atoms in total. The van der Waals surface area contributed by atoms with Crippen LogP contribution in [0.1, 0.15) is 24.6 Å². The fourth-order valence-corrected chi connectivity index (χ4v) is 4.73. The van der Waals surface area contributed by atoms with E-state index in [1.165, 1.54) is 0 Å². The summed E-state index contributed by atoms with van der Waals surface area (Å²) in [4.78, 5) is 19.2. The maximum Gasteiger partial charge on any atom is 0.310 e. The summed E-state index contributed by atoms with van der Waals surface area (Å²) in [5.74, 6) is -2.95. The largest absolute Gasteiger partial charge is 0.466 e. The van der Waals surface area contributed by atoms with Gasteiger partial charge in [-0.05, 0) is 43.5 Å². The van der Waals surface area contributed by atoms with Crippen molar-refractivity contribution >= 4 is 38.9 Å². The van der Waals surface area contributed by atoms with Gasteiger partial charge in [-0.15, -0.1) is 0 Å². The number of fused-ring (bicyclic) bond motifs is 1. The van der Waals surface area contributed by atoms with Crippen LogP contribution in [-0.4, -0.2) is 36.7 Å². The van der Waals surface area contributed by atoms with E-state index in [0.29, 0.717) is 12.8 Å². The van der Waals surface area contributed by atoms with E-state index >= 15 is 0 Å². The molecular weight excluding hydrogens is 416 g/mol. The maximum absolute atomic E-state index is 14.3. The van der Waals surface area contributed by atoms with Crippen LogP contribution in [0.25, 0.3) is 0 Å². The second-order valence-corrected chi connectivity index (χ2v) is 8.45. The first kappa shape index (κ1) is 20.4. The van der Waals surface area contributed by atoms with Gasteiger partial charge in [0.05, 0.1) is 24.5 Å². The number of benzene rings is 1. The van der Waals surface area contributed by atoms with Crippen LogP contribution in [0.2, 0.25) is 5.28 Å². The SMILES string of the molecule is CCOC(=O)Cc1c(F)cc(Nc2nc(Cl)nc3c2S(=O)(=O)CCC3)cc1F. The Labute approximate surface area is 165 Å². The van der Waals surface area contributed by atoms with Gasteiger partial charge in [0, 0.05) is 11.3 Å². The second kappa shape index (κ2) is 7.96. The number of aromatic nitrogens is 2. The summed E-state index contributed by atoms with van der Waals surface area (Å²) >= 11 is 5.86. The number of ether oxygens (including phenoxy) is 1. The number of hydrogen-bond acceptors (Lipinski definition) is 7. The lowest BCUT2D eigenvalue weighted by Crippen LogP contribution is -2.20. The van der Waals surface area contributed by atoms with Crippen molar-refractivity contribution in [1.29, 1.82) is 0 Å². The Morgan fingerprint density at radius 2 is 1.96 bits per heavy atom. The molecule has 0 saturated heterocycles. The minimum Gasteiger partial charge on any atom is -0.466 e. The molecule has 1 aliphatic heterocycles. The van der Waals surface area contributed by atoms with E-state index in [1.807, 2.05) is 0 Å². The van der Waals surface area contributed by atoms with Gasteiger partial charge < -0.3 is 10.1 Å². The Hall–Kier alpha value is -2.33. The zero-order valence-electron chi connectivity index (χ0n) is 14.8. The van der Waals surface area contributed by atoms with Crippen LogP contribution in [0.4, 0.5) is 20.3 Å². The first-order chi connectivity index (χ1) is 13.2. The Bertz CT molecular complexity index is 1020. The van der Waals surface area contributed by atoms with Crippen molar-refractivity contribution < 1.29 is 26.7 Å². The molecule has 1 N–H and O–H groups in total. The highest BCUT2D eigenvalue weighted by Gasteiger charge is 2.30. The van der Waals surface area contributed by atoms with E-state index in [0.717, 1.165) is 12.1 Å². The van der Waals surface area contributed by atoms with Crippen molar-refractivity contribution in [2.24, 2.45) is 0 Å². The van der Waals surface area contributed by atoms with E-state index in [9.17, 15) is 22.0 Å². The summed E-state index contributed by atoms with van der Waals surface area (Å²) in [7, 11) is -3.66. The number of anilines is 2. The van der Waals surface area contributed by atoms with Crippen LogP contribution in [0.5, 0.6) is 0 Å². The average Bonchev–Trinajstić information content (AvgIpc) is 2.57. The maximum atomic E-state index is 14.3. The van der Waals surface area contributed by atoms with Crippen LogP contribution < -0.4 is 5.32 Å².